The summed E-state index contributed by atoms with van der Waals surface area (Å²) in [5, 5.41) is 0. The highest BCUT2D eigenvalue weighted by Gasteiger charge is 2.44. The molecule has 1 aliphatic carbocycles. The second kappa shape index (κ2) is 6.21. The molecule has 2 N–H and O–H groups in total. The van der Waals surface area contributed by atoms with Gasteiger partial charge >= 0.3 is 0 Å². The first kappa shape index (κ1) is 14.8. The van der Waals surface area contributed by atoms with Crippen LogP contribution in [0.2, 0.25) is 0 Å². The van der Waals surface area contributed by atoms with E-state index in [-0.39, 0.29) is 5.91 Å². The van der Waals surface area contributed by atoms with Crippen molar-refractivity contribution in [3.63, 3.8) is 0 Å². The highest BCUT2D eigenvalue weighted by Crippen LogP contribution is 2.38. The third kappa shape index (κ3) is 3.10. The van der Waals surface area contributed by atoms with Crippen LogP contribution in [0.4, 0.5) is 0 Å². The summed E-state index contributed by atoms with van der Waals surface area (Å²) in [5.41, 5.74) is 5.46. The summed E-state index contributed by atoms with van der Waals surface area (Å²) in [6.45, 7) is 3.98. The molecule has 1 heterocycles. The molecular weight excluding hydrogens is 256 g/mol. The standard InChI is InChI=1S/C15H26N2OS/c1-12-7-6-10-17(11-12)14(18)15(13(16)19)8-4-2-3-5-9-15/h12H,2-11H2,1H3,(H2,16,19). The Morgan fingerprint density at radius 3 is 2.37 bits per heavy atom. The average molecular weight is 282 g/mol. The van der Waals surface area contributed by atoms with Crippen LogP contribution in [0.3, 0.4) is 0 Å². The Labute approximate surface area is 121 Å². The highest BCUT2D eigenvalue weighted by atomic mass is 32.1. The fraction of sp³-hybridized carbons (Fsp3) is 0.867. The van der Waals surface area contributed by atoms with E-state index in [1.807, 2.05) is 4.90 Å². The zero-order chi connectivity index (χ0) is 13.9. The van der Waals surface area contributed by atoms with Gasteiger partial charge in [0.2, 0.25) is 5.91 Å². The molecule has 2 fully saturated rings. The van der Waals surface area contributed by atoms with Gasteiger partial charge in [0.05, 0.1) is 10.4 Å². The van der Waals surface area contributed by atoms with Gasteiger partial charge in [-0.1, -0.05) is 44.8 Å². The number of piperidine rings is 1. The van der Waals surface area contributed by atoms with Gasteiger partial charge in [-0.05, 0) is 31.6 Å². The Balaban J connectivity index is 2.17. The number of nitrogens with zero attached hydrogens (tertiary/aromatic N) is 1. The number of carbonyl (C=O) groups is 1. The van der Waals surface area contributed by atoms with Crippen LogP contribution in [0.25, 0.3) is 0 Å². The maximum absolute atomic E-state index is 13.0. The average Bonchev–Trinajstić information content (AvgIpc) is 2.64. The maximum atomic E-state index is 13.0. The van der Waals surface area contributed by atoms with E-state index in [1.54, 1.807) is 0 Å². The molecule has 0 spiro atoms. The van der Waals surface area contributed by atoms with Crippen molar-refractivity contribution < 1.29 is 4.79 Å². The molecule has 0 aromatic carbocycles. The van der Waals surface area contributed by atoms with Crippen LogP contribution < -0.4 is 5.73 Å². The molecule has 1 unspecified atom stereocenters. The fourth-order valence-electron chi connectivity index (χ4n) is 3.57. The predicted octanol–water partition coefficient (Wildman–Crippen LogP) is 2.87. The molecule has 2 rings (SSSR count). The van der Waals surface area contributed by atoms with Crippen molar-refractivity contribution in [2.75, 3.05) is 13.1 Å². The van der Waals surface area contributed by atoms with Gasteiger partial charge in [0.15, 0.2) is 0 Å². The van der Waals surface area contributed by atoms with Crippen molar-refractivity contribution >= 4 is 23.1 Å². The monoisotopic (exact) mass is 282 g/mol. The van der Waals surface area contributed by atoms with E-state index in [1.165, 1.54) is 19.3 Å². The van der Waals surface area contributed by atoms with Gasteiger partial charge in [-0.25, -0.2) is 0 Å². The summed E-state index contributed by atoms with van der Waals surface area (Å²) in [4.78, 5) is 15.4. The number of nitrogens with two attached hydrogens (primary N) is 1. The minimum atomic E-state index is -0.539. The van der Waals surface area contributed by atoms with E-state index in [4.69, 9.17) is 18.0 Å². The third-order valence-electron chi connectivity index (χ3n) is 4.78. The van der Waals surface area contributed by atoms with E-state index < -0.39 is 5.41 Å². The molecule has 0 aromatic rings. The minimum absolute atomic E-state index is 0.216. The quantitative estimate of drug-likeness (QED) is 0.626. The van der Waals surface area contributed by atoms with E-state index in [0.717, 1.165) is 45.2 Å². The first-order valence-corrected chi connectivity index (χ1v) is 8.06. The van der Waals surface area contributed by atoms with Gasteiger partial charge in [-0.3, -0.25) is 4.79 Å². The summed E-state index contributed by atoms with van der Waals surface area (Å²) >= 11 is 5.29. The number of hydrogen-bond acceptors (Lipinski definition) is 2. The number of amides is 1. The summed E-state index contributed by atoms with van der Waals surface area (Å²) < 4.78 is 0. The minimum Gasteiger partial charge on any atom is -0.392 e. The second-order valence-corrected chi connectivity index (χ2v) is 6.80. The smallest absolute Gasteiger partial charge is 0.235 e. The van der Waals surface area contributed by atoms with Crippen LogP contribution in [0, 0.1) is 11.3 Å². The van der Waals surface area contributed by atoms with Crippen LogP contribution in [-0.2, 0) is 4.79 Å². The number of thiocarbonyl (C=S) groups is 1. The molecule has 1 saturated heterocycles. The van der Waals surface area contributed by atoms with E-state index in [9.17, 15) is 4.79 Å². The number of rotatable bonds is 2. The normalized spacial score (nSPS) is 27.6. The van der Waals surface area contributed by atoms with Gasteiger partial charge in [0, 0.05) is 13.1 Å². The van der Waals surface area contributed by atoms with Crippen molar-refractivity contribution in [1.82, 2.24) is 4.90 Å². The highest BCUT2D eigenvalue weighted by molar-refractivity contribution is 7.80. The number of carbonyl (C=O) groups excluding carboxylic acids is 1. The van der Waals surface area contributed by atoms with Crippen molar-refractivity contribution in [2.45, 2.75) is 58.3 Å². The molecule has 1 saturated carbocycles. The van der Waals surface area contributed by atoms with E-state index >= 15 is 0 Å². The van der Waals surface area contributed by atoms with Gasteiger partial charge < -0.3 is 10.6 Å². The van der Waals surface area contributed by atoms with Crippen molar-refractivity contribution in [1.29, 1.82) is 0 Å². The zero-order valence-electron chi connectivity index (χ0n) is 12.0. The van der Waals surface area contributed by atoms with Crippen LogP contribution in [0.1, 0.15) is 58.3 Å². The topological polar surface area (TPSA) is 46.3 Å². The molecule has 3 nitrogen and oxygen atoms in total. The van der Waals surface area contributed by atoms with Crippen LogP contribution in [0.15, 0.2) is 0 Å². The molecule has 1 atom stereocenters. The molecule has 1 amide bonds. The molecule has 1 aliphatic heterocycles. The Bertz CT molecular complexity index is 348. The lowest BCUT2D eigenvalue weighted by atomic mass is 9.78. The SMILES string of the molecule is CC1CCCN(C(=O)C2(C(N)=S)CCCCCC2)C1. The Hall–Kier alpha value is -0.640. The molecular formula is C15H26N2OS. The zero-order valence-corrected chi connectivity index (χ0v) is 12.8. The van der Waals surface area contributed by atoms with Gasteiger partial charge in [0.25, 0.3) is 0 Å². The lowest BCUT2D eigenvalue weighted by Gasteiger charge is -2.39. The molecule has 108 valence electrons. The summed E-state index contributed by atoms with van der Waals surface area (Å²) in [7, 11) is 0. The Morgan fingerprint density at radius 2 is 1.84 bits per heavy atom. The Kier molecular flexibility index (Phi) is 4.82. The first-order chi connectivity index (χ1) is 9.06. The third-order valence-corrected chi connectivity index (χ3v) is 5.17. The fourth-order valence-corrected chi connectivity index (χ4v) is 3.87. The van der Waals surface area contributed by atoms with Crippen LogP contribution in [0.5, 0.6) is 0 Å². The molecule has 2 aliphatic rings. The maximum Gasteiger partial charge on any atom is 0.235 e. The Morgan fingerprint density at radius 1 is 1.21 bits per heavy atom. The van der Waals surface area contributed by atoms with Gasteiger partial charge in [-0.15, -0.1) is 0 Å². The summed E-state index contributed by atoms with van der Waals surface area (Å²) in [6, 6.07) is 0. The van der Waals surface area contributed by atoms with Gasteiger partial charge in [-0.2, -0.15) is 0 Å². The molecule has 0 radical (unpaired) electrons. The number of hydrogen-bond donors (Lipinski definition) is 1. The molecule has 4 heteroatoms. The lowest BCUT2D eigenvalue weighted by Crippen LogP contribution is -2.52. The molecule has 0 aromatic heterocycles. The largest absolute Gasteiger partial charge is 0.392 e. The van der Waals surface area contributed by atoms with Crippen molar-refractivity contribution in [3.05, 3.63) is 0 Å². The van der Waals surface area contributed by atoms with Crippen molar-refractivity contribution in [2.24, 2.45) is 17.1 Å². The predicted molar refractivity (Wildman–Crippen MR) is 81.9 cm³/mol. The molecule has 19 heavy (non-hydrogen) atoms. The summed E-state index contributed by atoms with van der Waals surface area (Å²) in [5.74, 6) is 0.820. The number of likely N-dealkylation sites (tertiary alicyclic amines) is 1. The van der Waals surface area contributed by atoms with E-state index in [0.29, 0.717) is 10.9 Å². The lowest BCUT2D eigenvalue weighted by molar-refractivity contribution is -0.140. The van der Waals surface area contributed by atoms with Crippen LogP contribution >= 0.6 is 12.2 Å². The molecule has 0 bridgehead atoms. The van der Waals surface area contributed by atoms with E-state index in [2.05, 4.69) is 6.92 Å². The second-order valence-electron chi connectivity index (χ2n) is 6.36. The summed E-state index contributed by atoms with van der Waals surface area (Å²) in [6.07, 6.45) is 8.60. The van der Waals surface area contributed by atoms with Crippen molar-refractivity contribution in [3.8, 4) is 0 Å². The van der Waals surface area contributed by atoms with Gasteiger partial charge in [0.1, 0.15) is 0 Å². The van der Waals surface area contributed by atoms with Crippen LogP contribution in [-0.4, -0.2) is 28.9 Å². The first-order valence-electron chi connectivity index (χ1n) is 7.65.